The van der Waals surface area contributed by atoms with Crippen LogP contribution in [0.25, 0.3) is 10.9 Å². The largest absolute Gasteiger partial charge is 0.336 e. The van der Waals surface area contributed by atoms with Gasteiger partial charge in [0.05, 0.1) is 22.5 Å². The van der Waals surface area contributed by atoms with E-state index in [9.17, 15) is 9.59 Å². The van der Waals surface area contributed by atoms with Gasteiger partial charge in [0.15, 0.2) is 4.77 Å². The van der Waals surface area contributed by atoms with Crippen LogP contribution < -0.4 is 5.56 Å². The van der Waals surface area contributed by atoms with E-state index in [2.05, 4.69) is 16.0 Å². The molecule has 0 bridgehead atoms. The van der Waals surface area contributed by atoms with E-state index in [1.54, 1.807) is 25.2 Å². The number of hydrogen-bond acceptors (Lipinski definition) is 5. The van der Waals surface area contributed by atoms with Crippen LogP contribution in [0.2, 0.25) is 0 Å². The first kappa shape index (κ1) is 20.0. The van der Waals surface area contributed by atoms with Gasteiger partial charge in [-0.2, -0.15) is 5.26 Å². The van der Waals surface area contributed by atoms with Crippen molar-refractivity contribution in [2.24, 2.45) is 7.05 Å². The standard InChI is InChI=1S/C22H21N5O2S/c1-25-21(29)18-7-6-17(12-19(18)24-22(25)30)20(28)27-10-8-26(9-11-27)14-16-4-2-15(13-23)3-5-16/h2-7,12H,8-11,14H2,1H3,(H,24,30). The molecule has 2 heterocycles. The lowest BCUT2D eigenvalue weighted by atomic mass is 10.1. The number of carbonyl (C=O) groups excluding carboxylic acids is 1. The highest BCUT2D eigenvalue weighted by Gasteiger charge is 2.22. The van der Waals surface area contributed by atoms with E-state index in [-0.39, 0.29) is 11.5 Å². The number of carbonyl (C=O) groups is 1. The molecular weight excluding hydrogens is 398 g/mol. The number of nitriles is 1. The number of aromatic amines is 1. The topological polar surface area (TPSA) is 85.1 Å². The summed E-state index contributed by atoms with van der Waals surface area (Å²) >= 11 is 5.17. The van der Waals surface area contributed by atoms with Crippen molar-refractivity contribution < 1.29 is 4.79 Å². The third kappa shape index (κ3) is 3.90. The molecule has 3 aromatic rings. The maximum atomic E-state index is 13.0. The van der Waals surface area contributed by atoms with Crippen molar-refractivity contribution in [2.75, 3.05) is 26.2 Å². The van der Waals surface area contributed by atoms with Crippen LogP contribution in [0.3, 0.4) is 0 Å². The molecule has 30 heavy (non-hydrogen) atoms. The van der Waals surface area contributed by atoms with Crippen LogP contribution in [0, 0.1) is 16.1 Å². The summed E-state index contributed by atoms with van der Waals surface area (Å²) in [6.45, 7) is 3.63. The van der Waals surface area contributed by atoms with E-state index in [4.69, 9.17) is 17.5 Å². The summed E-state index contributed by atoms with van der Waals surface area (Å²) in [7, 11) is 1.62. The zero-order valence-electron chi connectivity index (χ0n) is 16.6. The molecule has 0 aliphatic carbocycles. The molecule has 152 valence electrons. The molecule has 2 aromatic carbocycles. The number of fused-ring (bicyclic) bond motifs is 1. The normalized spacial score (nSPS) is 14.6. The fraction of sp³-hybridized carbons (Fsp3) is 0.273. The molecule has 0 saturated carbocycles. The molecule has 0 unspecified atom stereocenters. The Morgan fingerprint density at radius 3 is 2.50 bits per heavy atom. The minimum absolute atomic E-state index is 0.0464. The molecule has 4 rings (SSSR count). The summed E-state index contributed by atoms with van der Waals surface area (Å²) in [5.41, 5.74) is 2.75. The molecule has 1 amide bonds. The van der Waals surface area contributed by atoms with Crippen LogP contribution in [-0.4, -0.2) is 51.4 Å². The van der Waals surface area contributed by atoms with E-state index >= 15 is 0 Å². The van der Waals surface area contributed by atoms with Crippen molar-refractivity contribution in [1.82, 2.24) is 19.4 Å². The molecule has 0 radical (unpaired) electrons. The van der Waals surface area contributed by atoms with E-state index < -0.39 is 0 Å². The van der Waals surface area contributed by atoms with E-state index in [1.807, 2.05) is 29.2 Å². The molecular formula is C22H21N5O2S. The molecule has 8 heteroatoms. The van der Waals surface area contributed by atoms with Gasteiger partial charge in [-0.05, 0) is 48.1 Å². The van der Waals surface area contributed by atoms with Crippen molar-refractivity contribution in [3.05, 3.63) is 74.3 Å². The van der Waals surface area contributed by atoms with Crippen molar-refractivity contribution in [3.63, 3.8) is 0 Å². The van der Waals surface area contributed by atoms with Gasteiger partial charge >= 0.3 is 0 Å². The van der Waals surface area contributed by atoms with Gasteiger partial charge in [-0.3, -0.25) is 19.1 Å². The van der Waals surface area contributed by atoms with Crippen molar-refractivity contribution in [3.8, 4) is 6.07 Å². The molecule has 0 spiro atoms. The van der Waals surface area contributed by atoms with Crippen LogP contribution in [0.5, 0.6) is 0 Å². The van der Waals surface area contributed by atoms with Gasteiger partial charge in [0.1, 0.15) is 0 Å². The third-order valence-electron chi connectivity index (χ3n) is 5.50. The third-order valence-corrected chi connectivity index (χ3v) is 5.87. The lowest BCUT2D eigenvalue weighted by Gasteiger charge is -2.34. The second kappa shape index (κ2) is 8.22. The molecule has 1 aliphatic heterocycles. The van der Waals surface area contributed by atoms with Gasteiger partial charge in [-0.1, -0.05) is 12.1 Å². The predicted octanol–water partition coefficient (Wildman–Crippen LogP) is 2.43. The predicted molar refractivity (Wildman–Crippen MR) is 117 cm³/mol. The van der Waals surface area contributed by atoms with Gasteiger partial charge in [0, 0.05) is 45.3 Å². The highest BCUT2D eigenvalue weighted by Crippen LogP contribution is 2.15. The van der Waals surface area contributed by atoms with Gasteiger partial charge in [-0.15, -0.1) is 0 Å². The SMILES string of the molecule is Cn1c(=S)[nH]c2cc(C(=O)N3CCN(Cc4ccc(C#N)cc4)CC3)ccc2c1=O. The number of hydrogen-bond donors (Lipinski definition) is 1. The summed E-state index contributed by atoms with van der Waals surface area (Å²) in [6, 6.07) is 14.8. The summed E-state index contributed by atoms with van der Waals surface area (Å²) in [5, 5.41) is 9.41. The molecule has 7 nitrogen and oxygen atoms in total. The maximum absolute atomic E-state index is 13.0. The Hall–Kier alpha value is -3.28. The lowest BCUT2D eigenvalue weighted by molar-refractivity contribution is 0.0628. The van der Waals surface area contributed by atoms with Crippen molar-refractivity contribution >= 4 is 29.0 Å². The smallest absolute Gasteiger partial charge is 0.261 e. The van der Waals surface area contributed by atoms with Crippen LogP contribution in [0.15, 0.2) is 47.3 Å². The Morgan fingerprint density at radius 1 is 1.13 bits per heavy atom. The Kier molecular flexibility index (Phi) is 5.48. The summed E-state index contributed by atoms with van der Waals surface area (Å²) < 4.78 is 1.71. The fourth-order valence-electron chi connectivity index (χ4n) is 3.67. The Labute approximate surface area is 178 Å². The Bertz CT molecular complexity index is 1260. The van der Waals surface area contributed by atoms with Crippen molar-refractivity contribution in [1.29, 1.82) is 5.26 Å². The number of aromatic nitrogens is 2. The summed E-state index contributed by atoms with van der Waals surface area (Å²) in [6.07, 6.45) is 0. The van der Waals surface area contributed by atoms with Gasteiger partial charge < -0.3 is 9.88 Å². The molecule has 1 N–H and O–H groups in total. The second-order valence-electron chi connectivity index (χ2n) is 7.43. The first-order chi connectivity index (χ1) is 14.5. The number of benzene rings is 2. The minimum atomic E-state index is -0.177. The lowest BCUT2D eigenvalue weighted by Crippen LogP contribution is -2.48. The number of piperazine rings is 1. The zero-order valence-corrected chi connectivity index (χ0v) is 17.4. The Morgan fingerprint density at radius 2 is 1.83 bits per heavy atom. The average Bonchev–Trinajstić information content (AvgIpc) is 2.78. The summed E-state index contributed by atoms with van der Waals surface area (Å²) in [4.78, 5) is 32.4. The average molecular weight is 420 g/mol. The van der Waals surface area contributed by atoms with Crippen LogP contribution >= 0.6 is 12.2 Å². The quantitative estimate of drug-likeness (QED) is 0.659. The monoisotopic (exact) mass is 419 g/mol. The van der Waals surface area contributed by atoms with Gasteiger partial charge in [-0.25, -0.2) is 0 Å². The van der Waals surface area contributed by atoms with Crippen LogP contribution in [-0.2, 0) is 13.6 Å². The van der Waals surface area contributed by atoms with Crippen LogP contribution in [0.4, 0.5) is 0 Å². The zero-order chi connectivity index (χ0) is 21.3. The van der Waals surface area contributed by atoms with Crippen LogP contribution in [0.1, 0.15) is 21.5 Å². The minimum Gasteiger partial charge on any atom is -0.336 e. The number of nitrogens with zero attached hydrogens (tertiary/aromatic N) is 4. The number of amides is 1. The molecule has 0 atom stereocenters. The second-order valence-corrected chi connectivity index (χ2v) is 7.82. The highest BCUT2D eigenvalue weighted by molar-refractivity contribution is 7.71. The number of H-pyrrole nitrogens is 1. The molecule has 1 aliphatic rings. The molecule has 1 saturated heterocycles. The highest BCUT2D eigenvalue weighted by atomic mass is 32.1. The molecule has 1 fully saturated rings. The fourth-order valence-corrected chi connectivity index (χ4v) is 3.87. The van der Waals surface area contributed by atoms with E-state index in [0.29, 0.717) is 39.9 Å². The number of rotatable bonds is 3. The van der Waals surface area contributed by atoms with E-state index in [0.717, 1.165) is 25.2 Å². The summed E-state index contributed by atoms with van der Waals surface area (Å²) in [5.74, 6) is -0.0464. The Balaban J connectivity index is 1.44. The first-order valence-corrected chi connectivity index (χ1v) is 10.1. The van der Waals surface area contributed by atoms with Crippen molar-refractivity contribution in [2.45, 2.75) is 6.54 Å². The maximum Gasteiger partial charge on any atom is 0.261 e. The van der Waals surface area contributed by atoms with E-state index in [1.165, 1.54) is 4.57 Å². The number of nitrogens with one attached hydrogen (secondary N) is 1. The first-order valence-electron chi connectivity index (χ1n) is 9.70. The van der Waals surface area contributed by atoms with Gasteiger partial charge in [0.25, 0.3) is 11.5 Å². The molecule has 1 aromatic heterocycles. The van der Waals surface area contributed by atoms with Gasteiger partial charge in [0.2, 0.25) is 0 Å².